The van der Waals surface area contributed by atoms with Crippen LogP contribution in [0.25, 0.3) is 0 Å². The number of para-hydroxylation sites is 2. The summed E-state index contributed by atoms with van der Waals surface area (Å²) in [6.45, 7) is 0. The molecule has 0 aliphatic carbocycles. The number of carbonyl (C=O) groups is 2. The van der Waals surface area contributed by atoms with E-state index in [0.717, 1.165) is 5.56 Å². The maximum Gasteiger partial charge on any atom is 0.257 e. The molecule has 0 atom stereocenters. The summed E-state index contributed by atoms with van der Waals surface area (Å²) in [6, 6.07) is 14.0. The van der Waals surface area contributed by atoms with E-state index in [1.54, 1.807) is 49.5 Å². The van der Waals surface area contributed by atoms with Crippen molar-refractivity contribution in [2.45, 2.75) is 6.42 Å². The van der Waals surface area contributed by atoms with E-state index in [1.165, 1.54) is 0 Å². The minimum Gasteiger partial charge on any atom is -0.398 e. The van der Waals surface area contributed by atoms with Gasteiger partial charge < -0.3 is 16.4 Å². The van der Waals surface area contributed by atoms with Gasteiger partial charge in [0.25, 0.3) is 5.91 Å². The second-order valence-electron chi connectivity index (χ2n) is 4.55. The van der Waals surface area contributed by atoms with Crippen molar-refractivity contribution in [2.75, 3.05) is 18.1 Å². The van der Waals surface area contributed by atoms with Crippen LogP contribution in [0.5, 0.6) is 0 Å². The summed E-state index contributed by atoms with van der Waals surface area (Å²) >= 11 is 0. The Labute approximate surface area is 123 Å². The highest BCUT2D eigenvalue weighted by molar-refractivity contribution is 6.08. The molecule has 0 heterocycles. The van der Waals surface area contributed by atoms with E-state index in [9.17, 15) is 9.59 Å². The lowest BCUT2D eigenvalue weighted by atomic mass is 10.1. The van der Waals surface area contributed by atoms with E-state index in [0.29, 0.717) is 16.9 Å². The van der Waals surface area contributed by atoms with Gasteiger partial charge in [0.15, 0.2) is 0 Å². The van der Waals surface area contributed by atoms with Crippen molar-refractivity contribution in [3.8, 4) is 0 Å². The van der Waals surface area contributed by atoms with Crippen LogP contribution in [0.1, 0.15) is 15.9 Å². The van der Waals surface area contributed by atoms with Crippen LogP contribution < -0.4 is 16.4 Å². The minimum atomic E-state index is -0.294. The van der Waals surface area contributed by atoms with Crippen LogP contribution in [-0.2, 0) is 11.2 Å². The molecule has 0 fully saturated rings. The fraction of sp³-hybridized carbons (Fsp3) is 0.125. The van der Waals surface area contributed by atoms with Crippen molar-refractivity contribution in [3.05, 3.63) is 59.7 Å². The van der Waals surface area contributed by atoms with Gasteiger partial charge in [0.1, 0.15) is 0 Å². The Balaban J connectivity index is 2.22. The lowest BCUT2D eigenvalue weighted by Gasteiger charge is -2.11. The first-order chi connectivity index (χ1) is 10.1. The topological polar surface area (TPSA) is 84.2 Å². The number of likely N-dealkylation sites (N-methyl/N-ethyl adjacent to an activating group) is 1. The molecule has 2 amide bonds. The van der Waals surface area contributed by atoms with Crippen molar-refractivity contribution in [2.24, 2.45) is 0 Å². The first kappa shape index (κ1) is 14.6. The molecule has 2 rings (SSSR count). The Morgan fingerprint density at radius 1 is 1.05 bits per heavy atom. The molecule has 2 aromatic carbocycles. The van der Waals surface area contributed by atoms with Crippen molar-refractivity contribution in [3.63, 3.8) is 0 Å². The van der Waals surface area contributed by atoms with Crippen LogP contribution in [0.15, 0.2) is 48.5 Å². The summed E-state index contributed by atoms with van der Waals surface area (Å²) in [5.74, 6) is -0.409. The highest BCUT2D eigenvalue weighted by Crippen LogP contribution is 2.18. The second-order valence-corrected chi connectivity index (χ2v) is 4.55. The maximum absolute atomic E-state index is 12.3. The van der Waals surface area contributed by atoms with Gasteiger partial charge in [-0.15, -0.1) is 0 Å². The lowest BCUT2D eigenvalue weighted by molar-refractivity contribution is -0.119. The summed E-state index contributed by atoms with van der Waals surface area (Å²) in [6.07, 6.45) is 0.206. The van der Waals surface area contributed by atoms with E-state index in [-0.39, 0.29) is 18.2 Å². The van der Waals surface area contributed by atoms with Crippen molar-refractivity contribution < 1.29 is 9.59 Å². The number of hydrogen-bond donors (Lipinski definition) is 3. The Hall–Kier alpha value is -2.82. The Bertz CT molecular complexity index is 668. The van der Waals surface area contributed by atoms with Gasteiger partial charge in [0.2, 0.25) is 5.91 Å². The van der Waals surface area contributed by atoms with Crippen molar-refractivity contribution in [1.29, 1.82) is 0 Å². The number of hydrogen-bond acceptors (Lipinski definition) is 3. The van der Waals surface area contributed by atoms with Crippen LogP contribution in [0.3, 0.4) is 0 Å². The van der Waals surface area contributed by atoms with Crippen LogP contribution in [-0.4, -0.2) is 18.9 Å². The average molecular weight is 283 g/mol. The summed E-state index contributed by atoms with van der Waals surface area (Å²) in [4.78, 5) is 23.8. The van der Waals surface area contributed by atoms with E-state index < -0.39 is 0 Å². The summed E-state index contributed by atoms with van der Waals surface area (Å²) in [5, 5.41) is 5.36. The number of nitrogens with two attached hydrogens (primary N) is 1. The molecular weight excluding hydrogens is 266 g/mol. The van der Waals surface area contributed by atoms with Gasteiger partial charge in [-0.25, -0.2) is 0 Å². The molecule has 5 heteroatoms. The first-order valence-corrected chi connectivity index (χ1v) is 6.56. The monoisotopic (exact) mass is 283 g/mol. The molecule has 0 bridgehead atoms. The number of benzene rings is 2. The minimum absolute atomic E-state index is 0.115. The third kappa shape index (κ3) is 3.60. The second kappa shape index (κ2) is 6.56. The van der Waals surface area contributed by atoms with Crippen molar-refractivity contribution in [1.82, 2.24) is 5.32 Å². The van der Waals surface area contributed by atoms with Gasteiger partial charge >= 0.3 is 0 Å². The summed E-state index contributed by atoms with van der Waals surface area (Å²) in [5.41, 5.74) is 7.97. The molecule has 0 unspecified atom stereocenters. The third-order valence-electron chi connectivity index (χ3n) is 3.10. The Kier molecular flexibility index (Phi) is 4.56. The van der Waals surface area contributed by atoms with Gasteiger partial charge in [0, 0.05) is 18.4 Å². The average Bonchev–Trinajstić information content (AvgIpc) is 2.49. The predicted octanol–water partition coefficient (Wildman–Crippen LogP) is 1.81. The third-order valence-corrected chi connectivity index (χ3v) is 3.10. The molecule has 0 saturated heterocycles. The zero-order valence-electron chi connectivity index (χ0n) is 11.7. The van der Waals surface area contributed by atoms with Gasteiger partial charge in [0.05, 0.1) is 12.0 Å². The standard InChI is InChI=1S/C16H17N3O2/c1-18-15(20)10-11-6-2-5-9-14(11)19-16(21)12-7-3-4-8-13(12)17/h2-9H,10,17H2,1H3,(H,18,20)(H,19,21). The zero-order chi connectivity index (χ0) is 15.2. The van der Waals surface area contributed by atoms with Gasteiger partial charge in [-0.3, -0.25) is 9.59 Å². The number of nitrogens with one attached hydrogen (secondary N) is 2. The molecule has 0 aromatic heterocycles. The quantitative estimate of drug-likeness (QED) is 0.748. The van der Waals surface area contributed by atoms with Gasteiger partial charge in [-0.05, 0) is 23.8 Å². The fourth-order valence-electron chi connectivity index (χ4n) is 1.95. The van der Waals surface area contributed by atoms with Crippen LogP contribution >= 0.6 is 0 Å². The number of amides is 2. The van der Waals surface area contributed by atoms with Gasteiger partial charge in [-0.2, -0.15) is 0 Å². The summed E-state index contributed by atoms with van der Waals surface area (Å²) in [7, 11) is 1.58. The zero-order valence-corrected chi connectivity index (χ0v) is 11.7. The largest absolute Gasteiger partial charge is 0.398 e. The maximum atomic E-state index is 12.3. The van der Waals surface area contributed by atoms with Crippen LogP contribution in [0.2, 0.25) is 0 Å². The molecule has 5 nitrogen and oxygen atoms in total. The molecule has 4 N–H and O–H groups in total. The molecule has 0 spiro atoms. The highest BCUT2D eigenvalue weighted by atomic mass is 16.2. The summed E-state index contributed by atoms with van der Waals surface area (Å²) < 4.78 is 0. The Morgan fingerprint density at radius 3 is 2.43 bits per heavy atom. The fourth-order valence-corrected chi connectivity index (χ4v) is 1.95. The van der Waals surface area contributed by atoms with E-state index >= 15 is 0 Å². The molecule has 0 aliphatic heterocycles. The normalized spacial score (nSPS) is 9.95. The van der Waals surface area contributed by atoms with E-state index in [2.05, 4.69) is 10.6 Å². The van der Waals surface area contributed by atoms with Gasteiger partial charge in [-0.1, -0.05) is 30.3 Å². The molecule has 21 heavy (non-hydrogen) atoms. The number of nitrogen functional groups attached to an aromatic ring is 1. The number of anilines is 2. The Morgan fingerprint density at radius 2 is 1.71 bits per heavy atom. The van der Waals surface area contributed by atoms with Crippen molar-refractivity contribution >= 4 is 23.2 Å². The van der Waals surface area contributed by atoms with Crippen LogP contribution in [0, 0.1) is 0 Å². The molecule has 2 aromatic rings. The smallest absolute Gasteiger partial charge is 0.257 e. The highest BCUT2D eigenvalue weighted by Gasteiger charge is 2.12. The molecular formula is C16H17N3O2. The van der Waals surface area contributed by atoms with E-state index in [4.69, 9.17) is 5.73 Å². The lowest BCUT2D eigenvalue weighted by Crippen LogP contribution is -2.21. The molecule has 0 aliphatic rings. The predicted molar refractivity (Wildman–Crippen MR) is 83.0 cm³/mol. The molecule has 0 radical (unpaired) electrons. The molecule has 108 valence electrons. The number of carbonyl (C=O) groups excluding carboxylic acids is 2. The SMILES string of the molecule is CNC(=O)Cc1ccccc1NC(=O)c1ccccc1N. The number of rotatable bonds is 4. The van der Waals surface area contributed by atoms with Crippen LogP contribution in [0.4, 0.5) is 11.4 Å². The van der Waals surface area contributed by atoms with E-state index in [1.807, 2.05) is 6.07 Å². The first-order valence-electron chi connectivity index (χ1n) is 6.56. The molecule has 0 saturated carbocycles.